The predicted molar refractivity (Wildman–Crippen MR) is 185 cm³/mol. The van der Waals surface area contributed by atoms with Crippen LogP contribution in [0, 0.1) is 5.82 Å². The zero-order chi connectivity index (χ0) is 34.2. The van der Waals surface area contributed by atoms with Gasteiger partial charge < -0.3 is 10.2 Å². The van der Waals surface area contributed by atoms with Crippen LogP contribution in [0.1, 0.15) is 30.7 Å². The summed E-state index contributed by atoms with van der Waals surface area (Å²) < 4.78 is 38.2. The SMILES string of the molecule is CS(=O)(=O)[C@@]1(C(=O)Nc2ccc3[nH]nc(-c4ccc(F)cc4)c3c2)CCN(CC(=O)N2CCC(c3ccc(-c4ncccn4)cc3)CC2)C1. The van der Waals surface area contributed by atoms with Crippen LogP contribution in [-0.4, -0.2) is 93.9 Å². The van der Waals surface area contributed by atoms with Gasteiger partial charge in [0.15, 0.2) is 20.4 Å². The molecule has 13 heteroatoms. The van der Waals surface area contributed by atoms with Crippen molar-refractivity contribution in [2.75, 3.05) is 44.3 Å². The van der Waals surface area contributed by atoms with E-state index in [9.17, 15) is 22.4 Å². The van der Waals surface area contributed by atoms with Gasteiger partial charge in [0.1, 0.15) is 5.82 Å². The summed E-state index contributed by atoms with van der Waals surface area (Å²) in [6.07, 6.45) is 6.24. The van der Waals surface area contributed by atoms with E-state index < -0.39 is 20.5 Å². The molecule has 0 saturated carbocycles. The molecule has 2 aliphatic heterocycles. The van der Waals surface area contributed by atoms with E-state index in [1.54, 1.807) is 53.7 Å². The highest BCUT2D eigenvalue weighted by Gasteiger charge is 2.53. The van der Waals surface area contributed by atoms with Gasteiger partial charge in [-0.3, -0.25) is 19.6 Å². The van der Waals surface area contributed by atoms with Crippen LogP contribution in [-0.2, 0) is 19.4 Å². The van der Waals surface area contributed by atoms with Crippen molar-refractivity contribution in [3.8, 4) is 22.6 Å². The second kappa shape index (κ2) is 13.1. The molecule has 11 nitrogen and oxygen atoms in total. The van der Waals surface area contributed by atoms with Crippen molar-refractivity contribution >= 4 is 38.2 Å². The van der Waals surface area contributed by atoms with Crippen LogP contribution in [0.5, 0.6) is 0 Å². The molecule has 252 valence electrons. The van der Waals surface area contributed by atoms with Gasteiger partial charge in [0.05, 0.1) is 17.8 Å². The number of hydrogen-bond donors (Lipinski definition) is 2. The highest BCUT2D eigenvalue weighted by Crippen LogP contribution is 2.34. The normalized spacial score (nSPS) is 18.9. The lowest BCUT2D eigenvalue weighted by Gasteiger charge is -2.33. The van der Waals surface area contributed by atoms with Gasteiger partial charge in [-0.05, 0) is 79.3 Å². The maximum atomic E-state index is 13.8. The number of sulfone groups is 1. The number of piperidine rings is 1. The van der Waals surface area contributed by atoms with Gasteiger partial charge in [-0.25, -0.2) is 22.8 Å². The van der Waals surface area contributed by atoms with E-state index in [0.717, 1.165) is 24.7 Å². The van der Waals surface area contributed by atoms with Crippen molar-refractivity contribution in [3.05, 3.63) is 96.6 Å². The summed E-state index contributed by atoms with van der Waals surface area (Å²) in [6.45, 7) is 1.48. The van der Waals surface area contributed by atoms with Crippen LogP contribution < -0.4 is 5.32 Å². The van der Waals surface area contributed by atoms with Gasteiger partial charge >= 0.3 is 0 Å². The van der Waals surface area contributed by atoms with Crippen molar-refractivity contribution in [1.29, 1.82) is 0 Å². The van der Waals surface area contributed by atoms with Crippen LogP contribution in [0.2, 0.25) is 0 Å². The molecule has 2 fully saturated rings. The third-order valence-corrected chi connectivity index (χ3v) is 11.7. The second-order valence-corrected chi connectivity index (χ2v) is 15.2. The minimum absolute atomic E-state index is 0.0446. The zero-order valence-electron chi connectivity index (χ0n) is 27.0. The summed E-state index contributed by atoms with van der Waals surface area (Å²) in [5.74, 6) is -0.0601. The lowest BCUT2D eigenvalue weighted by Crippen LogP contribution is -2.52. The van der Waals surface area contributed by atoms with Gasteiger partial charge in [0.2, 0.25) is 11.8 Å². The van der Waals surface area contributed by atoms with Crippen molar-refractivity contribution < 1.29 is 22.4 Å². The second-order valence-electron chi connectivity index (χ2n) is 12.9. The summed E-state index contributed by atoms with van der Waals surface area (Å²) >= 11 is 0. The van der Waals surface area contributed by atoms with Crippen LogP contribution in [0.3, 0.4) is 0 Å². The number of anilines is 1. The van der Waals surface area contributed by atoms with E-state index in [0.29, 0.717) is 59.2 Å². The number of nitrogens with zero attached hydrogens (tertiary/aromatic N) is 5. The summed E-state index contributed by atoms with van der Waals surface area (Å²) in [5, 5.41) is 10.8. The highest BCUT2D eigenvalue weighted by molar-refractivity contribution is 7.93. The first-order valence-electron chi connectivity index (χ1n) is 16.2. The Balaban J connectivity index is 0.980. The number of benzene rings is 3. The van der Waals surface area contributed by atoms with E-state index in [1.165, 1.54) is 17.7 Å². The molecule has 2 aliphatic rings. The Morgan fingerprint density at radius 3 is 2.35 bits per heavy atom. The average molecular weight is 682 g/mol. The lowest BCUT2D eigenvalue weighted by molar-refractivity contribution is -0.133. The predicted octanol–water partition coefficient (Wildman–Crippen LogP) is 4.66. The van der Waals surface area contributed by atoms with Gasteiger partial charge in [0, 0.05) is 67.0 Å². The number of carbonyl (C=O) groups excluding carboxylic acids is 2. The molecule has 7 rings (SSSR count). The molecule has 2 N–H and O–H groups in total. The Morgan fingerprint density at radius 2 is 1.65 bits per heavy atom. The number of aromatic nitrogens is 4. The van der Waals surface area contributed by atoms with Crippen LogP contribution in [0.15, 0.2) is 85.2 Å². The van der Waals surface area contributed by atoms with Crippen LogP contribution >= 0.6 is 0 Å². The average Bonchev–Trinajstić information content (AvgIpc) is 3.74. The van der Waals surface area contributed by atoms with Crippen LogP contribution in [0.4, 0.5) is 10.1 Å². The largest absolute Gasteiger partial charge is 0.342 e. The Morgan fingerprint density at radius 1 is 0.959 bits per heavy atom. The topological polar surface area (TPSA) is 141 Å². The number of fused-ring (bicyclic) bond motifs is 1. The minimum Gasteiger partial charge on any atom is -0.342 e. The van der Waals surface area contributed by atoms with E-state index in [-0.39, 0.29) is 31.2 Å². The molecule has 3 aromatic carbocycles. The number of hydrogen-bond acceptors (Lipinski definition) is 8. The lowest BCUT2D eigenvalue weighted by atomic mass is 9.89. The van der Waals surface area contributed by atoms with Crippen molar-refractivity contribution in [3.63, 3.8) is 0 Å². The Kier molecular flexibility index (Phi) is 8.72. The minimum atomic E-state index is -3.86. The number of aromatic amines is 1. The van der Waals surface area contributed by atoms with Crippen LogP contribution in [0.25, 0.3) is 33.5 Å². The van der Waals surface area contributed by atoms with E-state index in [4.69, 9.17) is 0 Å². The number of rotatable bonds is 8. The van der Waals surface area contributed by atoms with E-state index in [2.05, 4.69) is 37.6 Å². The first kappa shape index (κ1) is 32.5. The fourth-order valence-electron chi connectivity index (χ4n) is 6.92. The molecule has 49 heavy (non-hydrogen) atoms. The van der Waals surface area contributed by atoms with Crippen molar-refractivity contribution in [1.82, 2.24) is 30.0 Å². The molecule has 0 unspecified atom stereocenters. The molecule has 0 bridgehead atoms. The van der Waals surface area contributed by atoms with E-state index >= 15 is 0 Å². The molecule has 0 aliphatic carbocycles. The number of halogens is 1. The molecule has 4 heterocycles. The monoisotopic (exact) mass is 681 g/mol. The third kappa shape index (κ3) is 6.55. The first-order chi connectivity index (χ1) is 23.6. The van der Waals surface area contributed by atoms with Gasteiger partial charge in [-0.2, -0.15) is 5.10 Å². The fraction of sp³-hybridized carbons (Fsp3) is 0.306. The molecule has 0 spiro atoms. The van der Waals surface area contributed by atoms with Crippen molar-refractivity contribution in [2.24, 2.45) is 0 Å². The molecule has 5 aromatic rings. The summed E-state index contributed by atoms with van der Waals surface area (Å²) in [7, 11) is -3.86. The third-order valence-electron chi connectivity index (χ3n) is 9.79. The molecule has 2 aromatic heterocycles. The zero-order valence-corrected chi connectivity index (χ0v) is 27.8. The Hall–Kier alpha value is -5.01. The molecular formula is C36H36FN7O4S. The first-order valence-corrected chi connectivity index (χ1v) is 18.1. The molecule has 2 amide bonds. The quantitative estimate of drug-likeness (QED) is 0.241. The fourth-order valence-corrected chi connectivity index (χ4v) is 8.19. The number of likely N-dealkylation sites (tertiary alicyclic amines) is 2. The number of H-pyrrole nitrogens is 1. The van der Waals surface area contributed by atoms with Gasteiger partial charge in [-0.15, -0.1) is 0 Å². The van der Waals surface area contributed by atoms with Gasteiger partial charge in [-0.1, -0.05) is 24.3 Å². The van der Waals surface area contributed by atoms with Crippen molar-refractivity contribution in [2.45, 2.75) is 29.9 Å². The smallest absolute Gasteiger partial charge is 0.247 e. The molecular weight excluding hydrogens is 646 g/mol. The maximum Gasteiger partial charge on any atom is 0.247 e. The summed E-state index contributed by atoms with van der Waals surface area (Å²) in [4.78, 5) is 39.4. The maximum absolute atomic E-state index is 13.8. The Labute approximate surface area is 283 Å². The molecule has 0 radical (unpaired) electrons. The van der Waals surface area contributed by atoms with E-state index in [1.807, 2.05) is 17.0 Å². The summed E-state index contributed by atoms with van der Waals surface area (Å²) in [6, 6.07) is 21.1. The highest BCUT2D eigenvalue weighted by atomic mass is 32.2. The molecule has 1 atom stereocenters. The van der Waals surface area contributed by atoms with Gasteiger partial charge in [0.25, 0.3) is 0 Å². The molecule has 2 saturated heterocycles. The standard InChI is InChI=1S/C36H36FN7O4S/c1-49(47,48)36(35(46)40-29-11-12-31-30(21-29)33(42-41-31)26-7-9-28(37)10-8-26)15-20-43(23-36)22-32(45)44-18-13-25(14-19-44)24-3-5-27(6-4-24)34-38-16-2-17-39-34/h2-12,16-17,21,25H,13-15,18-20,22-23H2,1H3,(H,40,46)(H,41,42)/t36-/m0/s1. The summed E-state index contributed by atoms with van der Waals surface area (Å²) in [5.41, 5.74) is 4.56. The number of nitrogens with one attached hydrogen (secondary N) is 2. The number of amides is 2. The number of carbonyl (C=O) groups is 2. The Bertz CT molecular complexity index is 2100.